The molecule has 5 nitrogen and oxygen atoms in total. The van der Waals surface area contributed by atoms with Crippen LogP contribution >= 0.6 is 0 Å². The highest BCUT2D eigenvalue weighted by Gasteiger charge is 2.65. The van der Waals surface area contributed by atoms with E-state index in [9.17, 15) is 22.8 Å². The number of hydrogen-bond donors (Lipinski definition) is 1. The topological polar surface area (TPSA) is 64.6 Å². The van der Waals surface area contributed by atoms with E-state index < -0.39 is 29.9 Å². The first kappa shape index (κ1) is 19.0. The monoisotopic (exact) mass is 333 g/mol. The van der Waals surface area contributed by atoms with Crippen molar-refractivity contribution in [2.45, 2.75) is 38.8 Å². The Labute approximate surface area is 131 Å². The normalized spacial score (nSPS) is 14.2. The second-order valence-electron chi connectivity index (χ2n) is 4.89. The van der Waals surface area contributed by atoms with E-state index in [1.54, 1.807) is 11.4 Å². The number of carbonyl (C=O) groups excluding carboxylic acids is 2. The quantitative estimate of drug-likeness (QED) is 0.642. The third-order valence-electron chi connectivity index (χ3n) is 2.70. The summed E-state index contributed by atoms with van der Waals surface area (Å²) >= 11 is 0. The van der Waals surface area contributed by atoms with Gasteiger partial charge in [0.25, 0.3) is 5.91 Å². The lowest BCUT2D eigenvalue weighted by atomic mass is 10.1. The predicted molar refractivity (Wildman–Crippen MR) is 75.5 cm³/mol. The van der Waals surface area contributed by atoms with Crippen molar-refractivity contribution >= 4 is 11.9 Å². The lowest BCUT2D eigenvalue weighted by molar-refractivity contribution is -0.292. The summed E-state index contributed by atoms with van der Waals surface area (Å²) in [5, 5.41) is 1.64. The molecule has 0 fully saturated rings. The van der Waals surface area contributed by atoms with E-state index in [1.165, 1.54) is 45.0 Å². The molecule has 0 aliphatic rings. The summed E-state index contributed by atoms with van der Waals surface area (Å²) < 4.78 is 49.9. The van der Waals surface area contributed by atoms with Gasteiger partial charge in [-0.2, -0.15) is 13.2 Å². The zero-order valence-corrected chi connectivity index (χ0v) is 12.9. The summed E-state index contributed by atoms with van der Waals surface area (Å²) in [6, 6.07) is 7.20. The number of rotatable bonds is 6. The number of benzene rings is 1. The molecule has 23 heavy (non-hydrogen) atoms. The molecule has 1 atom stereocenters. The Balaban J connectivity index is 3.26. The van der Waals surface area contributed by atoms with Crippen molar-refractivity contribution in [3.63, 3.8) is 0 Å². The van der Waals surface area contributed by atoms with Gasteiger partial charge in [-0.25, -0.2) is 4.79 Å². The highest BCUT2D eigenvalue weighted by atomic mass is 19.4. The SMILES string of the molecule is CCOC(=O)[C@@](NC(=O)c1ccccc1)(OC(C)C)C(F)(F)F. The molecule has 0 spiro atoms. The number of hydrogen-bond acceptors (Lipinski definition) is 4. The van der Waals surface area contributed by atoms with Crippen molar-refractivity contribution in [1.29, 1.82) is 0 Å². The van der Waals surface area contributed by atoms with E-state index in [0.29, 0.717) is 0 Å². The van der Waals surface area contributed by atoms with Crippen molar-refractivity contribution in [2.24, 2.45) is 0 Å². The second kappa shape index (κ2) is 7.45. The first-order valence-corrected chi connectivity index (χ1v) is 6.93. The van der Waals surface area contributed by atoms with Gasteiger partial charge in [0.15, 0.2) is 0 Å². The van der Waals surface area contributed by atoms with Crippen molar-refractivity contribution in [3.05, 3.63) is 35.9 Å². The predicted octanol–water partition coefficient (Wildman–Crippen LogP) is 2.66. The van der Waals surface area contributed by atoms with Gasteiger partial charge in [0.1, 0.15) is 0 Å². The van der Waals surface area contributed by atoms with Gasteiger partial charge in [-0.3, -0.25) is 4.79 Å². The van der Waals surface area contributed by atoms with Crippen LogP contribution in [0.1, 0.15) is 31.1 Å². The Morgan fingerprint density at radius 1 is 1.17 bits per heavy atom. The van der Waals surface area contributed by atoms with Crippen molar-refractivity contribution in [2.75, 3.05) is 6.61 Å². The second-order valence-corrected chi connectivity index (χ2v) is 4.89. The van der Waals surface area contributed by atoms with Crippen LogP contribution in [0.3, 0.4) is 0 Å². The third kappa shape index (κ3) is 4.44. The fourth-order valence-corrected chi connectivity index (χ4v) is 1.79. The highest BCUT2D eigenvalue weighted by Crippen LogP contribution is 2.34. The standard InChI is InChI=1S/C15H18F3NO4/c1-4-22-13(21)14(15(16,17)18,23-10(2)3)19-12(20)11-8-6-5-7-9-11/h5-10H,4H2,1-3H3,(H,19,20)/t14-/m1/s1. The van der Waals surface area contributed by atoms with Crippen molar-refractivity contribution in [3.8, 4) is 0 Å². The van der Waals surface area contributed by atoms with Crippen LogP contribution in [0.5, 0.6) is 0 Å². The minimum Gasteiger partial charge on any atom is -0.462 e. The van der Waals surface area contributed by atoms with Gasteiger partial charge < -0.3 is 14.8 Å². The van der Waals surface area contributed by atoms with Crippen LogP contribution in [0.25, 0.3) is 0 Å². The van der Waals surface area contributed by atoms with Gasteiger partial charge >= 0.3 is 17.9 Å². The third-order valence-corrected chi connectivity index (χ3v) is 2.70. The Bertz CT molecular complexity index is 545. The van der Waals surface area contributed by atoms with Crippen LogP contribution in [0.4, 0.5) is 13.2 Å². The van der Waals surface area contributed by atoms with E-state index in [0.717, 1.165) is 0 Å². The maximum atomic E-state index is 13.5. The number of esters is 1. The minimum absolute atomic E-state index is 0.0437. The zero-order valence-electron chi connectivity index (χ0n) is 12.9. The van der Waals surface area contributed by atoms with Crippen molar-refractivity contribution in [1.82, 2.24) is 5.32 Å². The molecule has 0 bridgehead atoms. The summed E-state index contributed by atoms with van der Waals surface area (Å²) in [5.74, 6) is -2.82. The van der Waals surface area contributed by atoms with Gasteiger partial charge in [0, 0.05) is 5.56 Å². The number of halogens is 3. The minimum atomic E-state index is -5.20. The Kier molecular flexibility index (Phi) is 6.14. The summed E-state index contributed by atoms with van der Waals surface area (Å²) in [6.07, 6.45) is -6.19. The fourth-order valence-electron chi connectivity index (χ4n) is 1.79. The van der Waals surface area contributed by atoms with Crippen LogP contribution in [0.15, 0.2) is 30.3 Å². The number of amides is 1. The van der Waals surface area contributed by atoms with E-state index in [-0.39, 0.29) is 12.2 Å². The number of carbonyl (C=O) groups is 2. The van der Waals surface area contributed by atoms with Gasteiger partial charge in [0.05, 0.1) is 12.7 Å². The molecule has 0 saturated carbocycles. The molecule has 0 aliphatic carbocycles. The van der Waals surface area contributed by atoms with Crippen molar-refractivity contribution < 1.29 is 32.2 Å². The first-order chi connectivity index (χ1) is 10.6. The summed E-state index contributed by atoms with van der Waals surface area (Å²) in [4.78, 5) is 24.0. The molecule has 0 heterocycles. The number of nitrogens with one attached hydrogen (secondary N) is 1. The molecule has 1 aromatic carbocycles. The van der Waals surface area contributed by atoms with E-state index in [2.05, 4.69) is 4.74 Å². The van der Waals surface area contributed by atoms with Gasteiger partial charge in [-0.05, 0) is 32.9 Å². The largest absolute Gasteiger partial charge is 0.462 e. The molecule has 1 aromatic rings. The lowest BCUT2D eigenvalue weighted by Crippen LogP contribution is -2.67. The van der Waals surface area contributed by atoms with E-state index >= 15 is 0 Å². The highest BCUT2D eigenvalue weighted by molar-refractivity contribution is 5.98. The molecule has 1 rings (SSSR count). The number of ether oxygens (including phenoxy) is 2. The Morgan fingerprint density at radius 3 is 2.17 bits per heavy atom. The summed E-state index contributed by atoms with van der Waals surface area (Å²) in [6.45, 7) is 3.69. The van der Waals surface area contributed by atoms with E-state index in [1.807, 2.05) is 0 Å². The molecule has 0 aromatic heterocycles. The molecule has 0 saturated heterocycles. The van der Waals surface area contributed by atoms with Crippen LogP contribution in [-0.4, -0.2) is 36.5 Å². The summed E-state index contributed by atoms with van der Waals surface area (Å²) in [5.41, 5.74) is -3.61. The Morgan fingerprint density at radius 2 is 1.74 bits per heavy atom. The van der Waals surface area contributed by atoms with Gasteiger partial charge in [0.2, 0.25) is 0 Å². The average Bonchev–Trinajstić information content (AvgIpc) is 2.45. The number of alkyl halides is 3. The molecule has 128 valence electrons. The van der Waals surface area contributed by atoms with Crippen LogP contribution in [0.2, 0.25) is 0 Å². The molecule has 0 radical (unpaired) electrons. The molecular formula is C15H18F3NO4. The molecule has 1 amide bonds. The van der Waals surface area contributed by atoms with Gasteiger partial charge in [-0.15, -0.1) is 0 Å². The smallest absolute Gasteiger partial charge is 0.448 e. The maximum absolute atomic E-state index is 13.5. The first-order valence-electron chi connectivity index (χ1n) is 6.93. The molecular weight excluding hydrogens is 315 g/mol. The van der Waals surface area contributed by atoms with Crippen LogP contribution < -0.4 is 5.32 Å². The van der Waals surface area contributed by atoms with Crippen LogP contribution in [0, 0.1) is 0 Å². The molecule has 8 heteroatoms. The fraction of sp³-hybridized carbons (Fsp3) is 0.467. The average molecular weight is 333 g/mol. The molecule has 0 aliphatic heterocycles. The van der Waals surface area contributed by atoms with E-state index in [4.69, 9.17) is 4.74 Å². The maximum Gasteiger partial charge on any atom is 0.448 e. The molecule has 0 unspecified atom stereocenters. The van der Waals surface area contributed by atoms with Crippen LogP contribution in [-0.2, 0) is 14.3 Å². The lowest BCUT2D eigenvalue weighted by Gasteiger charge is -2.35. The molecule has 1 N–H and O–H groups in total. The van der Waals surface area contributed by atoms with Gasteiger partial charge in [-0.1, -0.05) is 18.2 Å². The Hall–Kier alpha value is -2.09. The summed E-state index contributed by atoms with van der Waals surface area (Å²) in [7, 11) is 0. The zero-order chi connectivity index (χ0) is 17.7.